The van der Waals surface area contributed by atoms with Gasteiger partial charge in [0.2, 0.25) is 0 Å². The maximum absolute atomic E-state index is 6.51. The molecule has 13 rings (SSSR count). The number of furan rings is 1. The zero-order valence-electron chi connectivity index (χ0n) is 33.9. The predicted octanol–water partition coefficient (Wildman–Crippen LogP) is 14.6. The number of fused-ring (bicyclic) bond motifs is 10. The van der Waals surface area contributed by atoms with Crippen molar-refractivity contribution in [1.29, 1.82) is 0 Å². The van der Waals surface area contributed by atoms with Crippen LogP contribution >= 0.6 is 0 Å². The van der Waals surface area contributed by atoms with Gasteiger partial charge in [-0.2, -0.15) is 0 Å². The van der Waals surface area contributed by atoms with Crippen molar-refractivity contribution in [1.82, 2.24) is 24.1 Å². The van der Waals surface area contributed by atoms with Gasteiger partial charge in [0.15, 0.2) is 17.5 Å². The maximum Gasteiger partial charge on any atom is 0.164 e. The van der Waals surface area contributed by atoms with E-state index in [1.165, 1.54) is 32.6 Å². The first-order valence-electron chi connectivity index (χ1n) is 21.2. The monoisotopic (exact) mass is 805 g/mol. The van der Waals surface area contributed by atoms with Crippen LogP contribution in [0.2, 0.25) is 0 Å². The van der Waals surface area contributed by atoms with Gasteiger partial charge in [0.05, 0.1) is 22.1 Å². The van der Waals surface area contributed by atoms with E-state index < -0.39 is 0 Å². The lowest BCUT2D eigenvalue weighted by Gasteiger charge is -2.11. The van der Waals surface area contributed by atoms with Gasteiger partial charge < -0.3 is 13.6 Å². The number of nitrogens with zero attached hydrogens (tertiary/aromatic N) is 5. The molecule has 0 spiro atoms. The topological polar surface area (TPSA) is 61.7 Å². The second-order valence-corrected chi connectivity index (χ2v) is 16.0. The summed E-state index contributed by atoms with van der Waals surface area (Å²) in [6.45, 7) is 0. The van der Waals surface area contributed by atoms with Crippen LogP contribution in [-0.4, -0.2) is 24.1 Å². The first-order chi connectivity index (χ1) is 31.2. The van der Waals surface area contributed by atoms with E-state index in [4.69, 9.17) is 19.4 Å². The predicted molar refractivity (Wildman–Crippen MR) is 258 cm³/mol. The summed E-state index contributed by atoms with van der Waals surface area (Å²) in [4.78, 5) is 15.3. The first-order valence-corrected chi connectivity index (χ1v) is 21.2. The van der Waals surface area contributed by atoms with Crippen molar-refractivity contribution >= 4 is 65.6 Å². The highest BCUT2D eigenvalue weighted by Gasteiger charge is 2.22. The summed E-state index contributed by atoms with van der Waals surface area (Å²) in [5.41, 5.74) is 13.4. The zero-order valence-corrected chi connectivity index (χ0v) is 33.9. The Morgan fingerprint density at radius 2 is 0.873 bits per heavy atom. The standard InChI is InChI=1S/C57H35N5O/c1-4-15-36(16-5-1)42-23-14-26-50-52(42)46-32-29-39(35-51(46)63-50)57-59-55(37-17-6-2-7-18-37)58-56(60-57)38-27-30-41(31-28-38)61-48-25-13-11-22-45(48)53-49(61)34-33-44-43-21-10-12-24-47(43)62(54(44)53)40-19-8-3-9-20-40/h1-35H. The molecule has 4 aromatic heterocycles. The molecule has 0 saturated carbocycles. The molecule has 0 unspecified atom stereocenters. The van der Waals surface area contributed by atoms with E-state index in [0.29, 0.717) is 17.5 Å². The van der Waals surface area contributed by atoms with Gasteiger partial charge in [-0.15, -0.1) is 0 Å². The number of hydrogen-bond donors (Lipinski definition) is 0. The minimum Gasteiger partial charge on any atom is -0.456 e. The second kappa shape index (κ2) is 14.0. The van der Waals surface area contributed by atoms with Crippen molar-refractivity contribution in [2.45, 2.75) is 0 Å². The van der Waals surface area contributed by atoms with Gasteiger partial charge in [0.1, 0.15) is 11.2 Å². The highest BCUT2D eigenvalue weighted by molar-refractivity contribution is 6.26. The molecule has 0 N–H and O–H groups in total. The Morgan fingerprint density at radius 3 is 1.60 bits per heavy atom. The van der Waals surface area contributed by atoms with Crippen molar-refractivity contribution < 1.29 is 4.42 Å². The average Bonchev–Trinajstić information content (AvgIpc) is 4.02. The molecule has 6 nitrogen and oxygen atoms in total. The lowest BCUT2D eigenvalue weighted by Crippen LogP contribution is -2.00. The number of rotatable bonds is 6. The molecule has 9 aromatic carbocycles. The van der Waals surface area contributed by atoms with Gasteiger partial charge in [-0.1, -0.05) is 140 Å². The summed E-state index contributed by atoms with van der Waals surface area (Å²) < 4.78 is 11.3. The van der Waals surface area contributed by atoms with Crippen molar-refractivity contribution in [2.75, 3.05) is 0 Å². The van der Waals surface area contributed by atoms with E-state index in [1.54, 1.807) is 0 Å². The van der Waals surface area contributed by atoms with Crippen LogP contribution in [-0.2, 0) is 0 Å². The fourth-order valence-corrected chi connectivity index (χ4v) is 9.57. The van der Waals surface area contributed by atoms with Crippen LogP contribution in [0.15, 0.2) is 217 Å². The molecule has 0 aliphatic rings. The fourth-order valence-electron chi connectivity index (χ4n) is 9.57. The number of para-hydroxylation sites is 3. The van der Waals surface area contributed by atoms with Gasteiger partial charge in [-0.25, -0.2) is 15.0 Å². The Labute approximate surface area is 361 Å². The SMILES string of the molecule is c1ccc(-c2nc(-c3ccc(-n4c5ccccc5c5c4ccc4c6ccccc6n(-c6ccccc6)c45)cc3)nc(-c3ccc4c(c3)oc3cccc(-c5ccccc5)c34)n2)cc1. The minimum atomic E-state index is 0.578. The molecule has 0 aliphatic heterocycles. The van der Waals surface area contributed by atoms with Crippen LogP contribution in [0.1, 0.15) is 0 Å². The zero-order chi connectivity index (χ0) is 41.4. The molecule has 13 aromatic rings. The lowest BCUT2D eigenvalue weighted by molar-refractivity contribution is 0.669. The molecule has 0 atom stereocenters. The van der Waals surface area contributed by atoms with E-state index in [1.807, 2.05) is 42.5 Å². The Bertz CT molecular complexity index is 3890. The van der Waals surface area contributed by atoms with E-state index in [9.17, 15) is 0 Å². The fraction of sp³-hybridized carbons (Fsp3) is 0. The molecule has 0 fully saturated rings. The summed E-state index contributed by atoms with van der Waals surface area (Å²) in [7, 11) is 0. The molecule has 0 saturated heterocycles. The largest absolute Gasteiger partial charge is 0.456 e. The van der Waals surface area contributed by atoms with Crippen molar-refractivity contribution in [3.05, 3.63) is 212 Å². The summed E-state index contributed by atoms with van der Waals surface area (Å²) >= 11 is 0. The Kier molecular flexibility index (Phi) is 7.80. The normalized spacial score (nSPS) is 11.8. The van der Waals surface area contributed by atoms with Crippen molar-refractivity contribution in [3.63, 3.8) is 0 Å². The minimum absolute atomic E-state index is 0.578. The van der Waals surface area contributed by atoms with Gasteiger partial charge in [-0.05, 0) is 83.9 Å². The van der Waals surface area contributed by atoms with Crippen LogP contribution in [0.5, 0.6) is 0 Å². The summed E-state index contributed by atoms with van der Waals surface area (Å²) in [6.07, 6.45) is 0. The third-order valence-electron chi connectivity index (χ3n) is 12.4. The Hall–Kier alpha value is -8.61. The van der Waals surface area contributed by atoms with Gasteiger partial charge in [0.25, 0.3) is 0 Å². The van der Waals surface area contributed by atoms with E-state index >= 15 is 0 Å². The maximum atomic E-state index is 6.51. The smallest absolute Gasteiger partial charge is 0.164 e. The molecular weight excluding hydrogens is 771 g/mol. The van der Waals surface area contributed by atoms with Gasteiger partial charge in [0, 0.05) is 60.4 Å². The van der Waals surface area contributed by atoms with Gasteiger partial charge in [-0.3, -0.25) is 0 Å². The van der Waals surface area contributed by atoms with Crippen LogP contribution in [0.3, 0.4) is 0 Å². The molecule has 4 heterocycles. The van der Waals surface area contributed by atoms with Crippen molar-refractivity contribution in [2.24, 2.45) is 0 Å². The summed E-state index contributed by atoms with van der Waals surface area (Å²) in [5, 5.41) is 7.04. The average molecular weight is 806 g/mol. The highest BCUT2D eigenvalue weighted by Crippen LogP contribution is 2.43. The Morgan fingerprint density at radius 1 is 0.317 bits per heavy atom. The van der Waals surface area contributed by atoms with Crippen LogP contribution in [0.4, 0.5) is 0 Å². The number of benzene rings is 9. The van der Waals surface area contributed by atoms with Crippen molar-refractivity contribution in [3.8, 4) is 56.7 Å². The molecular formula is C57H35N5O. The highest BCUT2D eigenvalue weighted by atomic mass is 16.3. The second-order valence-electron chi connectivity index (χ2n) is 16.0. The summed E-state index contributed by atoms with van der Waals surface area (Å²) in [6, 6.07) is 74.3. The van der Waals surface area contributed by atoms with E-state index in [0.717, 1.165) is 72.2 Å². The third-order valence-corrected chi connectivity index (χ3v) is 12.4. The van der Waals surface area contributed by atoms with Crippen LogP contribution < -0.4 is 0 Å². The molecule has 0 radical (unpaired) electrons. The Balaban J connectivity index is 0.957. The molecule has 6 heteroatoms. The van der Waals surface area contributed by atoms with Gasteiger partial charge >= 0.3 is 0 Å². The summed E-state index contributed by atoms with van der Waals surface area (Å²) in [5.74, 6) is 1.78. The number of aromatic nitrogens is 5. The molecule has 0 amide bonds. The number of hydrogen-bond acceptors (Lipinski definition) is 4. The van der Waals surface area contributed by atoms with Crippen LogP contribution in [0.25, 0.3) is 122 Å². The molecule has 63 heavy (non-hydrogen) atoms. The van der Waals surface area contributed by atoms with E-state index in [-0.39, 0.29) is 0 Å². The lowest BCUT2D eigenvalue weighted by atomic mass is 9.99. The quantitative estimate of drug-likeness (QED) is 0.168. The molecule has 294 valence electrons. The molecule has 0 aliphatic carbocycles. The van der Waals surface area contributed by atoms with E-state index in [2.05, 4.69) is 179 Å². The third kappa shape index (κ3) is 5.55. The first kappa shape index (κ1) is 35.2. The molecule has 0 bridgehead atoms. The van der Waals surface area contributed by atoms with Crippen LogP contribution in [0, 0.1) is 0 Å².